The lowest BCUT2D eigenvalue weighted by atomic mass is 10.0. The third kappa shape index (κ3) is 3.68. The first kappa shape index (κ1) is 19.7. The number of pyridine rings is 1. The van der Waals surface area contributed by atoms with Gasteiger partial charge in [-0.15, -0.1) is 0 Å². The van der Waals surface area contributed by atoms with Crippen molar-refractivity contribution >= 4 is 17.5 Å². The minimum Gasteiger partial charge on any atom is -0.444 e. The van der Waals surface area contributed by atoms with E-state index in [4.69, 9.17) is 4.74 Å². The Kier molecular flexibility index (Phi) is 4.36. The van der Waals surface area contributed by atoms with Gasteiger partial charge in [-0.25, -0.2) is 14.2 Å². The average Bonchev–Trinajstić information content (AvgIpc) is 2.93. The number of carbonyl (C=O) groups is 2. The van der Waals surface area contributed by atoms with Crippen LogP contribution in [0.4, 0.5) is 9.18 Å². The van der Waals surface area contributed by atoms with Crippen molar-refractivity contribution < 1.29 is 18.7 Å². The lowest BCUT2D eigenvalue weighted by Crippen LogP contribution is -2.45. The summed E-state index contributed by atoms with van der Waals surface area (Å²) in [6, 6.07) is 3.04. The highest BCUT2D eigenvalue weighted by atomic mass is 19.1. The zero-order valence-electron chi connectivity index (χ0n) is 17.4. The van der Waals surface area contributed by atoms with E-state index >= 15 is 0 Å². The van der Waals surface area contributed by atoms with Crippen LogP contribution in [0.2, 0.25) is 0 Å². The summed E-state index contributed by atoms with van der Waals surface area (Å²) < 4.78 is 20.7. The van der Waals surface area contributed by atoms with E-state index in [0.29, 0.717) is 18.9 Å². The summed E-state index contributed by atoms with van der Waals surface area (Å²) in [7, 11) is 0. The quantitative estimate of drug-likeness (QED) is 0.857. The molecule has 0 unspecified atom stereocenters. The molecule has 2 amide bonds. The van der Waals surface area contributed by atoms with Crippen LogP contribution in [0.3, 0.4) is 0 Å². The second-order valence-corrected chi connectivity index (χ2v) is 9.58. The summed E-state index contributed by atoms with van der Waals surface area (Å²) in [5, 5.41) is 3.06. The molecule has 156 valence electrons. The Hall–Kier alpha value is -2.64. The number of fused-ring (bicyclic) bond motifs is 2. The number of piperidine rings is 1. The number of imidazole rings is 1. The van der Waals surface area contributed by atoms with Gasteiger partial charge in [-0.1, -0.05) is 0 Å². The fourth-order valence-corrected chi connectivity index (χ4v) is 4.26. The fourth-order valence-electron chi connectivity index (χ4n) is 4.26. The lowest BCUT2D eigenvalue weighted by molar-refractivity contribution is -0.125. The van der Waals surface area contributed by atoms with Crippen LogP contribution in [-0.2, 0) is 15.1 Å². The number of halogens is 1. The van der Waals surface area contributed by atoms with Crippen LogP contribution in [0.25, 0.3) is 5.52 Å². The molecule has 4 rings (SSSR count). The fraction of sp³-hybridized carbons (Fsp3) is 0.571. The number of carbonyl (C=O) groups excluding carboxylic acids is 2. The molecule has 1 N–H and O–H groups in total. The van der Waals surface area contributed by atoms with Crippen molar-refractivity contribution in [2.24, 2.45) is 17.8 Å². The van der Waals surface area contributed by atoms with E-state index in [0.717, 1.165) is 5.52 Å². The summed E-state index contributed by atoms with van der Waals surface area (Å²) >= 11 is 0. The second kappa shape index (κ2) is 6.43. The molecule has 3 heterocycles. The number of nitrogens with one attached hydrogen (secondary N) is 1. The molecule has 1 saturated carbocycles. The summed E-state index contributed by atoms with van der Waals surface area (Å²) in [4.78, 5) is 31.2. The molecular weight excluding hydrogens is 375 g/mol. The van der Waals surface area contributed by atoms with Crippen LogP contribution in [0.1, 0.15) is 40.4 Å². The number of rotatable bonds is 3. The number of nitrogens with zero attached hydrogens (tertiary/aromatic N) is 3. The molecule has 0 aromatic carbocycles. The molecule has 2 aromatic rings. The molecule has 0 radical (unpaired) electrons. The molecule has 3 atom stereocenters. The molecule has 1 saturated heterocycles. The summed E-state index contributed by atoms with van der Waals surface area (Å²) in [5.41, 5.74) is -0.532. The zero-order chi connectivity index (χ0) is 21.1. The van der Waals surface area contributed by atoms with Crippen molar-refractivity contribution in [1.29, 1.82) is 0 Å². The molecule has 29 heavy (non-hydrogen) atoms. The SMILES string of the molecule is CC(C)(C)OC(=O)N1C[C@@H]2[C@H](C1)[C@H]2C(=O)NC(C)(C)c1ncc2ccc(F)cn12. The van der Waals surface area contributed by atoms with Gasteiger partial charge >= 0.3 is 6.09 Å². The highest BCUT2D eigenvalue weighted by Gasteiger charge is 2.61. The third-order valence-electron chi connectivity index (χ3n) is 5.63. The Morgan fingerprint density at radius 2 is 1.83 bits per heavy atom. The standard InChI is InChI=1S/C21H27FN4O3/c1-20(2,3)29-19(28)25-10-14-15(11-25)16(14)17(27)24-21(4,5)18-23-8-13-7-6-12(22)9-26(13)18/h6-9,14-16H,10-11H2,1-5H3,(H,24,27)/t14-,15+,16+. The van der Waals surface area contributed by atoms with Crippen LogP contribution in [-0.4, -0.2) is 45.0 Å². The first-order valence-electron chi connectivity index (χ1n) is 9.89. The van der Waals surface area contributed by atoms with E-state index in [1.54, 1.807) is 21.6 Å². The molecule has 2 aliphatic rings. The van der Waals surface area contributed by atoms with Gasteiger partial charge in [0.05, 0.1) is 17.3 Å². The molecule has 8 heteroatoms. The number of amides is 2. The Bertz CT molecular complexity index is 966. The van der Waals surface area contributed by atoms with E-state index in [-0.39, 0.29) is 35.6 Å². The van der Waals surface area contributed by atoms with Crippen molar-refractivity contribution in [1.82, 2.24) is 19.6 Å². The van der Waals surface area contributed by atoms with Crippen molar-refractivity contribution in [2.45, 2.75) is 45.8 Å². The van der Waals surface area contributed by atoms with Crippen LogP contribution in [0.15, 0.2) is 24.5 Å². The van der Waals surface area contributed by atoms with Gasteiger partial charge < -0.3 is 15.0 Å². The molecule has 2 aromatic heterocycles. The van der Waals surface area contributed by atoms with Crippen LogP contribution in [0.5, 0.6) is 0 Å². The lowest BCUT2D eigenvalue weighted by Gasteiger charge is -2.27. The van der Waals surface area contributed by atoms with Crippen LogP contribution < -0.4 is 5.32 Å². The Balaban J connectivity index is 1.40. The molecule has 0 spiro atoms. The molecule has 1 aliphatic heterocycles. The maximum atomic E-state index is 13.7. The highest BCUT2D eigenvalue weighted by Crippen LogP contribution is 2.52. The number of aromatic nitrogens is 2. The topological polar surface area (TPSA) is 75.9 Å². The maximum Gasteiger partial charge on any atom is 0.410 e. The molecule has 1 aliphatic carbocycles. The second-order valence-electron chi connectivity index (χ2n) is 9.58. The zero-order valence-corrected chi connectivity index (χ0v) is 17.4. The largest absolute Gasteiger partial charge is 0.444 e. The minimum absolute atomic E-state index is 0.0537. The number of likely N-dealkylation sites (tertiary alicyclic amines) is 1. The maximum absolute atomic E-state index is 13.7. The van der Waals surface area contributed by atoms with E-state index < -0.39 is 11.1 Å². The number of hydrogen-bond acceptors (Lipinski definition) is 4. The summed E-state index contributed by atoms with van der Waals surface area (Å²) in [6.07, 6.45) is 2.71. The van der Waals surface area contributed by atoms with Gasteiger partial charge in [-0.3, -0.25) is 9.20 Å². The van der Waals surface area contributed by atoms with E-state index in [2.05, 4.69) is 10.3 Å². The number of ether oxygens (including phenoxy) is 1. The first-order chi connectivity index (χ1) is 13.5. The molecular formula is C21H27FN4O3. The van der Waals surface area contributed by atoms with Gasteiger partial charge in [0, 0.05) is 25.2 Å². The predicted molar refractivity (Wildman–Crippen MR) is 105 cm³/mol. The van der Waals surface area contributed by atoms with Crippen molar-refractivity contribution in [3.05, 3.63) is 36.2 Å². The van der Waals surface area contributed by atoms with Crippen LogP contribution in [0, 0.1) is 23.6 Å². The van der Waals surface area contributed by atoms with E-state index in [1.807, 2.05) is 34.6 Å². The third-order valence-corrected chi connectivity index (χ3v) is 5.63. The Morgan fingerprint density at radius 3 is 2.45 bits per heavy atom. The minimum atomic E-state index is -0.765. The first-order valence-corrected chi connectivity index (χ1v) is 9.89. The monoisotopic (exact) mass is 402 g/mol. The average molecular weight is 402 g/mol. The molecule has 2 fully saturated rings. The van der Waals surface area contributed by atoms with Gasteiger partial charge in [0.25, 0.3) is 0 Å². The summed E-state index contributed by atoms with van der Waals surface area (Å²) in [5.74, 6) is 0.359. The molecule has 7 nitrogen and oxygen atoms in total. The van der Waals surface area contributed by atoms with Gasteiger partial charge in [0.15, 0.2) is 0 Å². The van der Waals surface area contributed by atoms with Crippen molar-refractivity contribution in [3.63, 3.8) is 0 Å². The highest BCUT2D eigenvalue weighted by molar-refractivity contribution is 5.84. The van der Waals surface area contributed by atoms with Crippen LogP contribution >= 0.6 is 0 Å². The number of hydrogen-bond donors (Lipinski definition) is 1. The van der Waals surface area contributed by atoms with Gasteiger partial charge in [0.2, 0.25) is 5.91 Å². The molecule has 0 bridgehead atoms. The smallest absolute Gasteiger partial charge is 0.410 e. The van der Waals surface area contributed by atoms with E-state index in [9.17, 15) is 14.0 Å². The van der Waals surface area contributed by atoms with Crippen molar-refractivity contribution in [2.75, 3.05) is 13.1 Å². The Morgan fingerprint density at radius 1 is 1.17 bits per heavy atom. The van der Waals surface area contributed by atoms with Gasteiger partial charge in [-0.05, 0) is 58.6 Å². The Labute approximate surface area is 169 Å². The normalized spacial score (nSPS) is 23.8. The van der Waals surface area contributed by atoms with Gasteiger partial charge in [0.1, 0.15) is 17.2 Å². The predicted octanol–water partition coefficient (Wildman–Crippen LogP) is 2.94. The van der Waals surface area contributed by atoms with Gasteiger partial charge in [-0.2, -0.15) is 0 Å². The van der Waals surface area contributed by atoms with E-state index in [1.165, 1.54) is 12.3 Å². The van der Waals surface area contributed by atoms with Crippen molar-refractivity contribution in [3.8, 4) is 0 Å². The summed E-state index contributed by atoms with van der Waals surface area (Å²) in [6.45, 7) is 10.3.